The van der Waals surface area contributed by atoms with E-state index in [1.165, 1.54) is 6.42 Å². The molecule has 3 heteroatoms. The van der Waals surface area contributed by atoms with Gasteiger partial charge in [0.25, 0.3) is 5.91 Å². The number of allylic oxidation sites excluding steroid dienone is 3. The van der Waals surface area contributed by atoms with Crippen molar-refractivity contribution < 1.29 is 4.79 Å². The van der Waals surface area contributed by atoms with Crippen LogP contribution < -0.4 is 11.1 Å². The maximum absolute atomic E-state index is 11.9. The summed E-state index contributed by atoms with van der Waals surface area (Å²) in [6, 6.07) is 0.305. The summed E-state index contributed by atoms with van der Waals surface area (Å²) in [6.07, 6.45) is 11.5. The van der Waals surface area contributed by atoms with Crippen LogP contribution in [0.15, 0.2) is 36.5 Å². The first-order valence-corrected chi connectivity index (χ1v) is 6.66. The van der Waals surface area contributed by atoms with Crippen molar-refractivity contribution in [3.05, 3.63) is 36.5 Å². The van der Waals surface area contributed by atoms with E-state index in [-0.39, 0.29) is 5.91 Å². The fourth-order valence-electron chi connectivity index (χ4n) is 2.37. The molecule has 3 N–H and O–H groups in total. The number of amides is 1. The Morgan fingerprint density at radius 1 is 1.50 bits per heavy atom. The second-order valence-electron chi connectivity index (χ2n) is 4.86. The van der Waals surface area contributed by atoms with Gasteiger partial charge in [-0.05, 0) is 32.1 Å². The van der Waals surface area contributed by atoms with Crippen LogP contribution in [0.2, 0.25) is 0 Å². The third-order valence-corrected chi connectivity index (χ3v) is 3.28. The van der Waals surface area contributed by atoms with Gasteiger partial charge in [0.05, 0.1) is 0 Å². The van der Waals surface area contributed by atoms with Crippen molar-refractivity contribution in [3.63, 3.8) is 0 Å². The lowest BCUT2D eigenvalue weighted by atomic mass is 9.86. The number of hydrogen-bond donors (Lipinski definition) is 2. The molecule has 0 aromatic carbocycles. The van der Waals surface area contributed by atoms with Crippen LogP contribution in [0, 0.1) is 5.92 Å². The molecule has 0 aromatic rings. The summed E-state index contributed by atoms with van der Waals surface area (Å²) in [5.41, 5.74) is 6.58. The summed E-state index contributed by atoms with van der Waals surface area (Å²) in [7, 11) is 0. The number of nitrogens with two attached hydrogens (primary N) is 1. The van der Waals surface area contributed by atoms with E-state index in [0.717, 1.165) is 25.8 Å². The van der Waals surface area contributed by atoms with Gasteiger partial charge in [-0.3, -0.25) is 4.79 Å². The van der Waals surface area contributed by atoms with Gasteiger partial charge in [-0.2, -0.15) is 0 Å². The lowest BCUT2D eigenvalue weighted by Crippen LogP contribution is -2.36. The minimum atomic E-state index is -0.0351. The molecule has 18 heavy (non-hydrogen) atoms. The molecule has 0 radical (unpaired) electrons. The van der Waals surface area contributed by atoms with Crippen molar-refractivity contribution in [2.75, 3.05) is 6.54 Å². The molecule has 2 unspecified atom stereocenters. The van der Waals surface area contributed by atoms with Crippen LogP contribution in [0.25, 0.3) is 0 Å². The molecule has 1 aliphatic rings. The first-order valence-electron chi connectivity index (χ1n) is 6.66. The SMILES string of the molecule is C=CC=C(C=CC)C(=O)NCC1CCCC(N)C1. The molecule has 3 nitrogen and oxygen atoms in total. The standard InChI is InChI=1S/C15H24N2O/c1-3-6-13(7-4-2)15(18)17-11-12-8-5-9-14(16)10-12/h3-4,6-7,12,14H,1,5,8-11,16H2,2H3,(H,17,18). The highest BCUT2D eigenvalue weighted by Crippen LogP contribution is 2.22. The summed E-state index contributed by atoms with van der Waals surface area (Å²) >= 11 is 0. The molecule has 1 saturated carbocycles. The summed E-state index contributed by atoms with van der Waals surface area (Å²) < 4.78 is 0. The third kappa shape index (κ3) is 4.88. The molecule has 0 heterocycles. The van der Waals surface area contributed by atoms with Crippen LogP contribution in [0.4, 0.5) is 0 Å². The van der Waals surface area contributed by atoms with Crippen molar-refractivity contribution in [1.29, 1.82) is 0 Å². The Morgan fingerprint density at radius 2 is 2.28 bits per heavy atom. The zero-order valence-electron chi connectivity index (χ0n) is 11.2. The summed E-state index contributed by atoms with van der Waals surface area (Å²) in [4.78, 5) is 11.9. The van der Waals surface area contributed by atoms with E-state index < -0.39 is 0 Å². The summed E-state index contributed by atoms with van der Waals surface area (Å²) in [5, 5.41) is 2.98. The van der Waals surface area contributed by atoms with Crippen molar-refractivity contribution in [2.45, 2.75) is 38.6 Å². The summed E-state index contributed by atoms with van der Waals surface area (Å²) in [6.45, 7) is 6.23. The Morgan fingerprint density at radius 3 is 2.89 bits per heavy atom. The zero-order chi connectivity index (χ0) is 13.4. The highest BCUT2D eigenvalue weighted by molar-refractivity contribution is 5.96. The fraction of sp³-hybridized carbons (Fsp3) is 0.533. The van der Waals surface area contributed by atoms with Gasteiger partial charge in [-0.25, -0.2) is 0 Å². The molecular weight excluding hydrogens is 224 g/mol. The van der Waals surface area contributed by atoms with Gasteiger partial charge in [0, 0.05) is 18.2 Å². The molecule has 1 fully saturated rings. The van der Waals surface area contributed by atoms with Gasteiger partial charge >= 0.3 is 0 Å². The fourth-order valence-corrected chi connectivity index (χ4v) is 2.37. The molecule has 0 aromatic heterocycles. The normalized spacial score (nSPS) is 25.1. The van der Waals surface area contributed by atoms with Crippen LogP contribution in [0.1, 0.15) is 32.6 Å². The highest BCUT2D eigenvalue weighted by Gasteiger charge is 2.19. The van der Waals surface area contributed by atoms with E-state index in [4.69, 9.17) is 5.73 Å². The smallest absolute Gasteiger partial charge is 0.251 e. The molecule has 0 saturated heterocycles. The Balaban J connectivity index is 2.44. The highest BCUT2D eigenvalue weighted by atomic mass is 16.1. The zero-order valence-corrected chi connectivity index (χ0v) is 11.2. The van der Waals surface area contributed by atoms with Gasteiger partial charge in [-0.15, -0.1) is 0 Å². The van der Waals surface area contributed by atoms with Crippen LogP contribution in [-0.2, 0) is 4.79 Å². The molecule has 0 bridgehead atoms. The van der Waals surface area contributed by atoms with Crippen LogP contribution >= 0.6 is 0 Å². The predicted molar refractivity (Wildman–Crippen MR) is 76.0 cm³/mol. The van der Waals surface area contributed by atoms with Crippen molar-refractivity contribution in [1.82, 2.24) is 5.32 Å². The third-order valence-electron chi connectivity index (χ3n) is 3.28. The van der Waals surface area contributed by atoms with Crippen LogP contribution in [0.3, 0.4) is 0 Å². The molecular formula is C15H24N2O. The maximum Gasteiger partial charge on any atom is 0.251 e. The first-order chi connectivity index (χ1) is 8.67. The van der Waals surface area contributed by atoms with Gasteiger partial charge < -0.3 is 11.1 Å². The van der Waals surface area contributed by atoms with E-state index in [1.54, 1.807) is 18.2 Å². The van der Waals surface area contributed by atoms with Crippen molar-refractivity contribution in [2.24, 2.45) is 11.7 Å². The molecule has 0 spiro atoms. The molecule has 0 aliphatic heterocycles. The van der Waals surface area contributed by atoms with Crippen LogP contribution in [-0.4, -0.2) is 18.5 Å². The predicted octanol–water partition coefficient (Wildman–Crippen LogP) is 2.31. The number of hydrogen-bond acceptors (Lipinski definition) is 2. The number of nitrogens with one attached hydrogen (secondary N) is 1. The van der Waals surface area contributed by atoms with Gasteiger partial charge in [0.2, 0.25) is 0 Å². The van der Waals surface area contributed by atoms with Gasteiger partial charge in [-0.1, -0.05) is 37.3 Å². The molecule has 1 rings (SSSR count). The minimum absolute atomic E-state index is 0.0351. The minimum Gasteiger partial charge on any atom is -0.352 e. The molecule has 100 valence electrons. The maximum atomic E-state index is 11.9. The Labute approximate surface area is 110 Å². The van der Waals surface area contributed by atoms with E-state index in [0.29, 0.717) is 17.5 Å². The Bertz CT molecular complexity index is 344. The van der Waals surface area contributed by atoms with E-state index in [9.17, 15) is 4.79 Å². The van der Waals surface area contributed by atoms with Crippen LogP contribution in [0.5, 0.6) is 0 Å². The number of carbonyl (C=O) groups excluding carboxylic acids is 1. The lowest BCUT2D eigenvalue weighted by Gasteiger charge is -2.26. The van der Waals surface area contributed by atoms with Gasteiger partial charge in [0.1, 0.15) is 0 Å². The molecule has 2 atom stereocenters. The number of carbonyl (C=O) groups is 1. The topological polar surface area (TPSA) is 55.1 Å². The van der Waals surface area contributed by atoms with Crippen molar-refractivity contribution in [3.8, 4) is 0 Å². The lowest BCUT2D eigenvalue weighted by molar-refractivity contribution is -0.117. The van der Waals surface area contributed by atoms with Crippen molar-refractivity contribution >= 4 is 5.91 Å². The molecule has 1 aliphatic carbocycles. The Hall–Kier alpha value is -1.35. The number of rotatable bonds is 5. The van der Waals surface area contributed by atoms with E-state index in [2.05, 4.69) is 11.9 Å². The largest absolute Gasteiger partial charge is 0.352 e. The average molecular weight is 248 g/mol. The second-order valence-corrected chi connectivity index (χ2v) is 4.86. The van der Waals surface area contributed by atoms with E-state index >= 15 is 0 Å². The summed E-state index contributed by atoms with van der Waals surface area (Å²) in [5.74, 6) is 0.487. The van der Waals surface area contributed by atoms with E-state index in [1.807, 2.05) is 13.0 Å². The quantitative estimate of drug-likeness (QED) is 0.579. The second kappa shape index (κ2) is 7.88. The Kier molecular flexibility index (Phi) is 6.44. The monoisotopic (exact) mass is 248 g/mol. The molecule has 1 amide bonds. The average Bonchev–Trinajstić information content (AvgIpc) is 2.36. The first kappa shape index (κ1) is 14.7. The van der Waals surface area contributed by atoms with Gasteiger partial charge in [0.15, 0.2) is 0 Å².